The summed E-state index contributed by atoms with van der Waals surface area (Å²) in [4.78, 5) is 25.7. The van der Waals surface area contributed by atoms with E-state index in [2.05, 4.69) is 4.90 Å². The van der Waals surface area contributed by atoms with Gasteiger partial charge in [-0.25, -0.2) is 9.59 Å². The van der Waals surface area contributed by atoms with E-state index in [0.717, 1.165) is 24.2 Å². The Labute approximate surface area is 115 Å². The molecule has 0 aliphatic carbocycles. The third-order valence-electron chi connectivity index (χ3n) is 3.44. The van der Waals surface area contributed by atoms with Crippen molar-refractivity contribution in [2.24, 2.45) is 0 Å². The predicted molar refractivity (Wildman–Crippen MR) is 75.3 cm³/mol. The molecule has 0 atom stereocenters. The summed E-state index contributed by atoms with van der Waals surface area (Å²) in [5.74, 6) is -0.644. The van der Waals surface area contributed by atoms with Crippen molar-refractivity contribution in [1.29, 1.82) is 0 Å². The third kappa shape index (κ3) is 2.15. The van der Waals surface area contributed by atoms with Gasteiger partial charge in [0.25, 0.3) is 0 Å². The summed E-state index contributed by atoms with van der Waals surface area (Å²) in [5.41, 5.74) is 0.816. The number of benzene rings is 1. The van der Waals surface area contributed by atoms with Gasteiger partial charge in [0.1, 0.15) is 11.1 Å². The summed E-state index contributed by atoms with van der Waals surface area (Å²) in [6, 6.07) is 7.19. The SMILES string of the molecule is CCOC(=O)c1cc2ccc(N3CCC3)cc2oc1=O. The number of ether oxygens (including phenoxy) is 1. The van der Waals surface area contributed by atoms with Gasteiger partial charge in [0.05, 0.1) is 6.61 Å². The second-order valence-electron chi connectivity index (χ2n) is 4.73. The number of esters is 1. The molecule has 1 aliphatic rings. The van der Waals surface area contributed by atoms with Gasteiger partial charge in [-0.2, -0.15) is 0 Å². The first-order chi connectivity index (χ1) is 9.69. The maximum Gasteiger partial charge on any atom is 0.351 e. The van der Waals surface area contributed by atoms with E-state index in [9.17, 15) is 9.59 Å². The molecule has 1 saturated heterocycles. The van der Waals surface area contributed by atoms with Crippen molar-refractivity contribution in [3.63, 3.8) is 0 Å². The standard InChI is InChI=1S/C15H15NO4/c1-2-19-14(17)12-8-10-4-5-11(16-6-3-7-16)9-13(10)20-15(12)18/h4-5,8-9H,2-3,6-7H2,1H3. The van der Waals surface area contributed by atoms with E-state index in [1.165, 1.54) is 12.5 Å². The van der Waals surface area contributed by atoms with Crippen LogP contribution < -0.4 is 10.5 Å². The quantitative estimate of drug-likeness (QED) is 0.633. The number of carbonyl (C=O) groups excluding carboxylic acids is 1. The molecular formula is C15H15NO4. The first kappa shape index (κ1) is 12.7. The zero-order valence-corrected chi connectivity index (χ0v) is 11.2. The van der Waals surface area contributed by atoms with Crippen molar-refractivity contribution in [2.75, 3.05) is 24.6 Å². The van der Waals surface area contributed by atoms with Gasteiger partial charge in [0.2, 0.25) is 0 Å². The molecule has 0 N–H and O–H groups in total. The average molecular weight is 273 g/mol. The van der Waals surface area contributed by atoms with E-state index in [4.69, 9.17) is 9.15 Å². The number of hydrogen-bond acceptors (Lipinski definition) is 5. The lowest BCUT2D eigenvalue weighted by Crippen LogP contribution is -2.36. The Balaban J connectivity index is 2.03. The first-order valence-electron chi connectivity index (χ1n) is 6.69. The molecule has 0 unspecified atom stereocenters. The minimum Gasteiger partial charge on any atom is -0.462 e. The van der Waals surface area contributed by atoms with Crippen molar-refractivity contribution in [2.45, 2.75) is 13.3 Å². The second-order valence-corrected chi connectivity index (χ2v) is 4.73. The Bertz CT molecular complexity index is 715. The van der Waals surface area contributed by atoms with Crippen LogP contribution in [0.3, 0.4) is 0 Å². The fraction of sp³-hybridized carbons (Fsp3) is 0.333. The number of rotatable bonds is 3. The zero-order chi connectivity index (χ0) is 14.1. The van der Waals surface area contributed by atoms with Gasteiger partial charge in [-0.05, 0) is 31.5 Å². The number of fused-ring (bicyclic) bond motifs is 1. The second kappa shape index (κ2) is 5.00. The maximum absolute atomic E-state index is 11.8. The van der Waals surface area contributed by atoms with Gasteiger partial charge in [-0.15, -0.1) is 0 Å². The van der Waals surface area contributed by atoms with E-state index in [1.54, 1.807) is 6.92 Å². The lowest BCUT2D eigenvalue weighted by Gasteiger charge is -2.33. The highest BCUT2D eigenvalue weighted by atomic mass is 16.5. The van der Waals surface area contributed by atoms with Crippen LogP contribution in [0, 0.1) is 0 Å². The van der Waals surface area contributed by atoms with Gasteiger partial charge in [-0.1, -0.05) is 0 Å². The Morgan fingerprint density at radius 1 is 1.35 bits per heavy atom. The van der Waals surface area contributed by atoms with Crippen molar-refractivity contribution in [1.82, 2.24) is 0 Å². The third-order valence-corrected chi connectivity index (χ3v) is 3.44. The van der Waals surface area contributed by atoms with Crippen LogP contribution in [0.5, 0.6) is 0 Å². The molecule has 3 rings (SSSR count). The molecule has 1 aliphatic heterocycles. The minimum atomic E-state index is -0.656. The smallest absolute Gasteiger partial charge is 0.351 e. The molecule has 2 heterocycles. The van der Waals surface area contributed by atoms with Crippen molar-refractivity contribution >= 4 is 22.6 Å². The molecule has 5 nitrogen and oxygen atoms in total. The van der Waals surface area contributed by atoms with E-state index in [-0.39, 0.29) is 12.2 Å². The Hall–Kier alpha value is -2.30. The molecule has 1 aromatic heterocycles. The van der Waals surface area contributed by atoms with Crippen LogP contribution in [0.2, 0.25) is 0 Å². The minimum absolute atomic E-state index is 0.0592. The Kier molecular flexibility index (Phi) is 3.18. The lowest BCUT2D eigenvalue weighted by atomic mass is 10.1. The van der Waals surface area contributed by atoms with Crippen LogP contribution in [0.1, 0.15) is 23.7 Å². The van der Waals surface area contributed by atoms with E-state index in [0.29, 0.717) is 5.58 Å². The number of hydrogen-bond donors (Lipinski definition) is 0. The predicted octanol–water partition coefficient (Wildman–Crippen LogP) is 2.18. The van der Waals surface area contributed by atoms with Gasteiger partial charge in [-0.3, -0.25) is 0 Å². The summed E-state index contributed by atoms with van der Waals surface area (Å²) in [6.07, 6.45) is 1.18. The van der Waals surface area contributed by atoms with Gasteiger partial charge in [0.15, 0.2) is 0 Å². The van der Waals surface area contributed by atoms with E-state index < -0.39 is 11.6 Å². The maximum atomic E-state index is 11.8. The van der Waals surface area contributed by atoms with Gasteiger partial charge >= 0.3 is 11.6 Å². The number of nitrogens with zero attached hydrogens (tertiary/aromatic N) is 1. The van der Waals surface area contributed by atoms with E-state index in [1.807, 2.05) is 18.2 Å². The normalized spacial score (nSPS) is 14.2. The van der Waals surface area contributed by atoms with Crippen LogP contribution >= 0.6 is 0 Å². The number of carbonyl (C=O) groups is 1. The molecule has 104 valence electrons. The summed E-state index contributed by atoms with van der Waals surface area (Å²) in [5, 5.41) is 0.719. The topological polar surface area (TPSA) is 59.8 Å². The van der Waals surface area contributed by atoms with Gasteiger partial charge in [0, 0.05) is 30.2 Å². The highest BCUT2D eigenvalue weighted by Crippen LogP contribution is 2.25. The molecule has 0 bridgehead atoms. The molecular weight excluding hydrogens is 258 g/mol. The summed E-state index contributed by atoms with van der Waals surface area (Å²) in [6.45, 7) is 3.97. The highest BCUT2D eigenvalue weighted by Gasteiger charge is 2.17. The van der Waals surface area contributed by atoms with E-state index >= 15 is 0 Å². The molecule has 0 amide bonds. The monoisotopic (exact) mass is 273 g/mol. The molecule has 5 heteroatoms. The molecule has 0 radical (unpaired) electrons. The van der Waals surface area contributed by atoms with Crippen LogP contribution in [0.25, 0.3) is 11.0 Å². The Morgan fingerprint density at radius 2 is 2.15 bits per heavy atom. The van der Waals surface area contributed by atoms with Crippen LogP contribution in [0.4, 0.5) is 5.69 Å². The molecule has 0 spiro atoms. The zero-order valence-electron chi connectivity index (χ0n) is 11.2. The molecule has 2 aromatic rings. The van der Waals surface area contributed by atoms with Crippen molar-refractivity contribution < 1.29 is 13.9 Å². The molecule has 1 fully saturated rings. The largest absolute Gasteiger partial charge is 0.462 e. The van der Waals surface area contributed by atoms with Gasteiger partial charge < -0.3 is 14.1 Å². The molecule has 0 saturated carbocycles. The fourth-order valence-corrected chi connectivity index (χ4v) is 2.22. The molecule has 1 aromatic carbocycles. The van der Waals surface area contributed by atoms with Crippen LogP contribution in [-0.4, -0.2) is 25.7 Å². The molecule has 20 heavy (non-hydrogen) atoms. The first-order valence-corrected chi connectivity index (χ1v) is 6.69. The highest BCUT2D eigenvalue weighted by molar-refractivity contribution is 5.93. The Morgan fingerprint density at radius 3 is 2.80 bits per heavy atom. The average Bonchev–Trinajstić information content (AvgIpc) is 2.36. The summed E-state index contributed by atoms with van der Waals surface area (Å²) >= 11 is 0. The van der Waals surface area contributed by atoms with Crippen LogP contribution in [0.15, 0.2) is 33.5 Å². The summed E-state index contributed by atoms with van der Waals surface area (Å²) in [7, 11) is 0. The lowest BCUT2D eigenvalue weighted by molar-refractivity contribution is 0.0522. The fourth-order valence-electron chi connectivity index (χ4n) is 2.22. The summed E-state index contributed by atoms with van der Waals surface area (Å²) < 4.78 is 10.1. The van der Waals surface area contributed by atoms with Crippen molar-refractivity contribution in [3.05, 3.63) is 40.2 Å². The van der Waals surface area contributed by atoms with Crippen molar-refractivity contribution in [3.8, 4) is 0 Å². The van der Waals surface area contributed by atoms with Crippen LogP contribution in [-0.2, 0) is 4.74 Å². The number of anilines is 1.